The number of esters is 1. The Labute approximate surface area is 103 Å². The lowest BCUT2D eigenvalue weighted by molar-refractivity contribution is -0.137. The lowest BCUT2D eigenvalue weighted by Crippen LogP contribution is -2.08. The maximum atomic E-state index is 11.1. The standard InChI is InChI=1S/C14H22O3/c1-5-16-13(15)9-8-12-14(4,17-12)10-6-7-11(2)3/h7-9,12H,5-6,10H2,1-4H3/b9-8+/t12-,14+/m1/s1. The molecule has 17 heavy (non-hydrogen) atoms. The molecule has 1 saturated heterocycles. The summed E-state index contributed by atoms with van der Waals surface area (Å²) < 4.78 is 10.4. The van der Waals surface area contributed by atoms with Crippen molar-refractivity contribution < 1.29 is 14.3 Å². The Balaban J connectivity index is 2.31. The van der Waals surface area contributed by atoms with E-state index in [1.807, 2.05) is 0 Å². The van der Waals surface area contributed by atoms with Gasteiger partial charge >= 0.3 is 5.97 Å². The van der Waals surface area contributed by atoms with Crippen LogP contribution in [0, 0.1) is 0 Å². The molecule has 1 aliphatic heterocycles. The average molecular weight is 238 g/mol. The van der Waals surface area contributed by atoms with Gasteiger partial charge in [-0.2, -0.15) is 0 Å². The monoisotopic (exact) mass is 238 g/mol. The van der Waals surface area contributed by atoms with Crippen molar-refractivity contribution in [3.8, 4) is 0 Å². The van der Waals surface area contributed by atoms with Gasteiger partial charge in [-0.1, -0.05) is 11.6 Å². The number of ether oxygens (including phenoxy) is 2. The van der Waals surface area contributed by atoms with Crippen molar-refractivity contribution in [2.45, 2.75) is 52.2 Å². The van der Waals surface area contributed by atoms with Gasteiger partial charge in [0.25, 0.3) is 0 Å². The summed E-state index contributed by atoms with van der Waals surface area (Å²) in [4.78, 5) is 11.1. The summed E-state index contributed by atoms with van der Waals surface area (Å²) >= 11 is 0. The fraction of sp³-hybridized carbons (Fsp3) is 0.643. The summed E-state index contributed by atoms with van der Waals surface area (Å²) in [6.45, 7) is 8.46. The Kier molecular flexibility index (Phi) is 4.94. The van der Waals surface area contributed by atoms with E-state index in [0.717, 1.165) is 12.8 Å². The van der Waals surface area contributed by atoms with Gasteiger partial charge in [-0.3, -0.25) is 0 Å². The van der Waals surface area contributed by atoms with Crippen LogP contribution < -0.4 is 0 Å². The van der Waals surface area contributed by atoms with Gasteiger partial charge in [0.2, 0.25) is 0 Å². The third-order valence-corrected chi connectivity index (χ3v) is 2.83. The van der Waals surface area contributed by atoms with E-state index >= 15 is 0 Å². The Morgan fingerprint density at radius 2 is 2.18 bits per heavy atom. The van der Waals surface area contributed by atoms with E-state index in [-0.39, 0.29) is 17.7 Å². The smallest absolute Gasteiger partial charge is 0.330 e. The lowest BCUT2D eigenvalue weighted by Gasteiger charge is -2.02. The Morgan fingerprint density at radius 3 is 2.76 bits per heavy atom. The number of hydrogen-bond acceptors (Lipinski definition) is 3. The lowest BCUT2D eigenvalue weighted by atomic mass is 10.0. The van der Waals surface area contributed by atoms with Crippen LogP contribution in [-0.2, 0) is 14.3 Å². The molecule has 96 valence electrons. The zero-order valence-corrected chi connectivity index (χ0v) is 11.2. The van der Waals surface area contributed by atoms with Crippen LogP contribution in [-0.4, -0.2) is 24.3 Å². The van der Waals surface area contributed by atoms with E-state index in [0.29, 0.717) is 6.61 Å². The molecule has 0 amide bonds. The second-order valence-electron chi connectivity index (χ2n) is 4.78. The highest BCUT2D eigenvalue weighted by molar-refractivity contribution is 5.82. The molecule has 1 aliphatic rings. The molecule has 0 unspecified atom stereocenters. The molecule has 0 aromatic carbocycles. The number of allylic oxidation sites excluding steroid dienone is 2. The van der Waals surface area contributed by atoms with Gasteiger partial charge in [0.15, 0.2) is 0 Å². The van der Waals surface area contributed by atoms with Crippen molar-refractivity contribution in [2.24, 2.45) is 0 Å². The van der Waals surface area contributed by atoms with Crippen LogP contribution in [0.3, 0.4) is 0 Å². The number of carbonyl (C=O) groups excluding carboxylic acids is 1. The van der Waals surface area contributed by atoms with Crippen LogP contribution in [0.1, 0.15) is 40.5 Å². The zero-order valence-electron chi connectivity index (χ0n) is 11.2. The first-order valence-corrected chi connectivity index (χ1v) is 6.14. The first kappa shape index (κ1) is 14.0. The second-order valence-corrected chi connectivity index (χ2v) is 4.78. The molecule has 0 N–H and O–H groups in total. The van der Waals surface area contributed by atoms with Crippen LogP contribution >= 0.6 is 0 Å². The molecule has 0 aliphatic carbocycles. The average Bonchev–Trinajstić information content (AvgIpc) is 2.87. The minimum absolute atomic E-state index is 0.0532. The highest BCUT2D eigenvalue weighted by atomic mass is 16.6. The second kappa shape index (κ2) is 6.01. The normalized spacial score (nSPS) is 26.9. The Morgan fingerprint density at radius 1 is 1.47 bits per heavy atom. The van der Waals surface area contributed by atoms with Crippen molar-refractivity contribution in [2.75, 3.05) is 6.61 Å². The largest absolute Gasteiger partial charge is 0.463 e. The molecule has 0 bridgehead atoms. The van der Waals surface area contributed by atoms with Gasteiger partial charge in [0, 0.05) is 6.08 Å². The van der Waals surface area contributed by atoms with Crippen LogP contribution in [0.25, 0.3) is 0 Å². The highest BCUT2D eigenvalue weighted by Crippen LogP contribution is 2.41. The van der Waals surface area contributed by atoms with E-state index in [2.05, 4.69) is 26.8 Å². The molecule has 3 heteroatoms. The van der Waals surface area contributed by atoms with Crippen molar-refractivity contribution in [1.29, 1.82) is 0 Å². The Bertz CT molecular complexity index is 326. The molecular formula is C14H22O3. The summed E-state index contributed by atoms with van der Waals surface area (Å²) in [5.74, 6) is -0.297. The van der Waals surface area contributed by atoms with Crippen molar-refractivity contribution in [3.05, 3.63) is 23.8 Å². The predicted molar refractivity (Wildman–Crippen MR) is 67.7 cm³/mol. The van der Waals surface area contributed by atoms with Gasteiger partial charge in [0.1, 0.15) is 6.10 Å². The van der Waals surface area contributed by atoms with E-state index in [1.54, 1.807) is 13.0 Å². The maximum Gasteiger partial charge on any atom is 0.330 e. The SMILES string of the molecule is CCOC(=O)/C=C/[C@H]1O[C@@]1(C)CCC=C(C)C. The van der Waals surface area contributed by atoms with Crippen LogP contribution in [0.5, 0.6) is 0 Å². The first-order chi connectivity index (χ1) is 7.98. The number of rotatable bonds is 6. The quantitative estimate of drug-likeness (QED) is 0.309. The van der Waals surface area contributed by atoms with Gasteiger partial charge < -0.3 is 9.47 Å². The summed E-state index contributed by atoms with van der Waals surface area (Å²) in [7, 11) is 0. The maximum absolute atomic E-state index is 11.1. The molecule has 0 saturated carbocycles. The van der Waals surface area contributed by atoms with Crippen LogP contribution in [0.2, 0.25) is 0 Å². The Hall–Kier alpha value is -1.09. The molecule has 0 aromatic rings. The van der Waals surface area contributed by atoms with Crippen molar-refractivity contribution >= 4 is 5.97 Å². The topological polar surface area (TPSA) is 38.8 Å². The van der Waals surface area contributed by atoms with Gasteiger partial charge in [0.05, 0.1) is 12.2 Å². The highest BCUT2D eigenvalue weighted by Gasteiger charge is 2.49. The first-order valence-electron chi connectivity index (χ1n) is 6.14. The molecule has 0 radical (unpaired) electrons. The van der Waals surface area contributed by atoms with Crippen molar-refractivity contribution in [3.63, 3.8) is 0 Å². The molecule has 1 heterocycles. The fourth-order valence-electron chi connectivity index (χ4n) is 1.70. The van der Waals surface area contributed by atoms with E-state index in [4.69, 9.17) is 9.47 Å². The van der Waals surface area contributed by atoms with Crippen LogP contribution in [0.4, 0.5) is 0 Å². The van der Waals surface area contributed by atoms with Gasteiger partial charge in [-0.15, -0.1) is 0 Å². The zero-order chi connectivity index (χ0) is 12.9. The molecule has 3 nitrogen and oxygen atoms in total. The molecule has 2 atom stereocenters. The third kappa shape index (κ3) is 4.73. The minimum Gasteiger partial charge on any atom is -0.463 e. The van der Waals surface area contributed by atoms with E-state index in [9.17, 15) is 4.79 Å². The minimum atomic E-state index is -0.297. The van der Waals surface area contributed by atoms with E-state index < -0.39 is 0 Å². The molecule has 0 aromatic heterocycles. The summed E-state index contributed by atoms with van der Waals surface area (Å²) in [6, 6.07) is 0. The summed E-state index contributed by atoms with van der Waals surface area (Å²) in [5.41, 5.74) is 1.22. The summed E-state index contributed by atoms with van der Waals surface area (Å²) in [6.07, 6.45) is 7.51. The fourth-order valence-corrected chi connectivity index (χ4v) is 1.70. The molecular weight excluding hydrogens is 216 g/mol. The predicted octanol–water partition coefficient (Wildman–Crippen LogP) is 3.01. The molecule has 0 spiro atoms. The summed E-state index contributed by atoms with van der Waals surface area (Å²) in [5, 5.41) is 0. The van der Waals surface area contributed by atoms with Gasteiger partial charge in [-0.25, -0.2) is 4.79 Å². The number of epoxide rings is 1. The number of carbonyl (C=O) groups is 1. The molecule has 1 rings (SSSR count). The molecule has 1 fully saturated rings. The van der Waals surface area contributed by atoms with Crippen LogP contribution in [0.15, 0.2) is 23.8 Å². The number of hydrogen-bond donors (Lipinski definition) is 0. The van der Waals surface area contributed by atoms with Crippen molar-refractivity contribution in [1.82, 2.24) is 0 Å². The van der Waals surface area contributed by atoms with E-state index in [1.165, 1.54) is 11.6 Å². The third-order valence-electron chi connectivity index (χ3n) is 2.83. The van der Waals surface area contributed by atoms with Gasteiger partial charge in [-0.05, 0) is 46.6 Å².